The van der Waals surface area contributed by atoms with Crippen LogP contribution in [0.25, 0.3) is 0 Å². The lowest BCUT2D eigenvalue weighted by atomic mass is 9.81. The van der Waals surface area contributed by atoms with E-state index in [9.17, 15) is 29.1 Å². The fourth-order valence-corrected chi connectivity index (χ4v) is 5.56. The Morgan fingerprint density at radius 3 is 2.14 bits per heavy atom. The van der Waals surface area contributed by atoms with Crippen LogP contribution in [-0.2, 0) is 25.5 Å². The summed E-state index contributed by atoms with van der Waals surface area (Å²) in [6.45, 7) is 5.06. The van der Waals surface area contributed by atoms with Crippen molar-refractivity contribution in [3.05, 3.63) is 63.6 Å². The summed E-state index contributed by atoms with van der Waals surface area (Å²) in [5.74, 6) is -2.47. The largest absolute Gasteiger partial charge is 0.480 e. The van der Waals surface area contributed by atoms with Crippen LogP contribution in [0.5, 0.6) is 0 Å². The van der Waals surface area contributed by atoms with Crippen molar-refractivity contribution >= 4 is 58.7 Å². The van der Waals surface area contributed by atoms with Gasteiger partial charge in [-0.05, 0) is 69.9 Å². The molecule has 5 N–H and O–H groups in total. The number of hydrogen-bond acceptors (Lipinski definition) is 6. The Hall–Kier alpha value is -3.83. The molecule has 0 aliphatic heterocycles. The molecule has 1 atom stereocenters. The van der Waals surface area contributed by atoms with Crippen LogP contribution < -0.4 is 21.3 Å². The Morgan fingerprint density at radius 1 is 0.955 bits per heavy atom. The van der Waals surface area contributed by atoms with Gasteiger partial charge >= 0.3 is 12.1 Å². The summed E-state index contributed by atoms with van der Waals surface area (Å²) in [5.41, 5.74) is -0.264. The van der Waals surface area contributed by atoms with Crippen LogP contribution in [0, 0.1) is 5.41 Å². The number of nitrogens with one attached hydrogen (secondary N) is 4. The number of halogens is 2. The number of rotatable bonds is 12. The Bertz CT molecular complexity index is 1350. The predicted molar refractivity (Wildman–Crippen MR) is 167 cm³/mol. The van der Waals surface area contributed by atoms with Crippen molar-refractivity contribution in [1.29, 1.82) is 0 Å². The molecule has 0 aromatic heterocycles. The van der Waals surface area contributed by atoms with Crippen molar-refractivity contribution in [3.63, 3.8) is 0 Å². The van der Waals surface area contributed by atoms with Gasteiger partial charge < -0.3 is 31.1 Å². The molecule has 4 amide bonds. The summed E-state index contributed by atoms with van der Waals surface area (Å²) in [6.07, 6.45) is 2.40. The first-order chi connectivity index (χ1) is 20.7. The number of alkyl carbamates (subject to hydrolysis) is 1. The minimum absolute atomic E-state index is 0.0226. The predicted octanol–water partition coefficient (Wildman–Crippen LogP) is 4.95. The molecule has 1 unspecified atom stereocenters. The van der Waals surface area contributed by atoms with Gasteiger partial charge in [-0.25, -0.2) is 9.59 Å². The van der Waals surface area contributed by atoms with E-state index in [1.807, 2.05) is 0 Å². The van der Waals surface area contributed by atoms with Crippen LogP contribution in [0.4, 0.5) is 10.5 Å². The fraction of sp³-hybridized carbons (Fsp3) is 0.452. The molecule has 13 heteroatoms. The number of benzene rings is 2. The lowest BCUT2D eigenvalue weighted by Gasteiger charge is -2.29. The smallest absolute Gasteiger partial charge is 0.408 e. The third-order valence-electron chi connectivity index (χ3n) is 7.21. The van der Waals surface area contributed by atoms with Gasteiger partial charge in [0.1, 0.15) is 11.6 Å². The SMILES string of the molecule is CC(C)(C)OC(=O)NCC(=O)NCCC1(C(=O)NC(Cc2ccc(NC(=O)c3c(Cl)cccc3Cl)cc2)C(=O)O)CCCC1. The number of carboxylic acid groups (broad SMARTS) is 1. The third kappa shape index (κ3) is 10.1. The van der Waals surface area contributed by atoms with Gasteiger partial charge in [-0.1, -0.05) is 54.2 Å². The van der Waals surface area contributed by atoms with E-state index in [2.05, 4.69) is 21.3 Å². The first-order valence-corrected chi connectivity index (χ1v) is 15.1. The van der Waals surface area contributed by atoms with Crippen molar-refractivity contribution in [2.24, 2.45) is 5.41 Å². The van der Waals surface area contributed by atoms with Crippen LogP contribution in [0.1, 0.15) is 68.8 Å². The molecule has 3 rings (SSSR count). The minimum atomic E-state index is -1.19. The molecule has 2 aromatic rings. The molecule has 0 radical (unpaired) electrons. The topological polar surface area (TPSA) is 163 Å². The number of carboxylic acids is 1. The summed E-state index contributed by atoms with van der Waals surface area (Å²) in [5, 5.41) is 20.8. The normalized spacial score (nSPS) is 14.7. The van der Waals surface area contributed by atoms with E-state index < -0.39 is 40.9 Å². The summed E-state index contributed by atoms with van der Waals surface area (Å²) in [4.78, 5) is 62.2. The van der Waals surface area contributed by atoms with Crippen LogP contribution in [-0.4, -0.2) is 59.6 Å². The van der Waals surface area contributed by atoms with Gasteiger partial charge in [0.2, 0.25) is 11.8 Å². The second kappa shape index (κ2) is 15.3. The molecule has 1 aliphatic carbocycles. The van der Waals surface area contributed by atoms with E-state index in [0.717, 1.165) is 12.8 Å². The number of carbonyl (C=O) groups excluding carboxylic acids is 4. The fourth-order valence-electron chi connectivity index (χ4n) is 4.99. The Labute approximate surface area is 266 Å². The first kappa shape index (κ1) is 34.7. The maximum Gasteiger partial charge on any atom is 0.408 e. The number of carbonyl (C=O) groups is 5. The van der Waals surface area contributed by atoms with E-state index in [1.165, 1.54) is 0 Å². The number of hydrogen-bond donors (Lipinski definition) is 5. The molecular weight excluding hydrogens is 611 g/mol. The van der Waals surface area contributed by atoms with Crippen molar-refractivity contribution < 1.29 is 33.8 Å². The van der Waals surface area contributed by atoms with Crippen LogP contribution in [0.3, 0.4) is 0 Å². The quantitative estimate of drug-likeness (QED) is 0.217. The van der Waals surface area contributed by atoms with Crippen LogP contribution >= 0.6 is 23.2 Å². The highest BCUT2D eigenvalue weighted by atomic mass is 35.5. The maximum atomic E-state index is 13.4. The Kier molecular flexibility index (Phi) is 12.0. The Balaban J connectivity index is 1.55. The lowest BCUT2D eigenvalue weighted by Crippen LogP contribution is -2.49. The van der Waals surface area contributed by atoms with E-state index in [0.29, 0.717) is 30.5 Å². The molecular formula is C31H38Cl2N4O7. The average Bonchev–Trinajstić information content (AvgIpc) is 3.41. The second-order valence-electron chi connectivity index (χ2n) is 11.8. The first-order valence-electron chi connectivity index (χ1n) is 14.3. The summed E-state index contributed by atoms with van der Waals surface area (Å²) >= 11 is 12.2. The van der Waals surface area contributed by atoms with E-state index in [4.69, 9.17) is 27.9 Å². The Morgan fingerprint density at radius 2 is 1.57 bits per heavy atom. The summed E-state index contributed by atoms with van der Waals surface area (Å²) in [6, 6.07) is 10.1. The molecule has 1 fully saturated rings. The molecule has 44 heavy (non-hydrogen) atoms. The standard InChI is InChI=1S/C31H38Cl2N4O7/c1-30(2,3)44-29(43)35-18-24(38)34-16-15-31(13-4-5-14-31)28(42)37-23(27(40)41)17-19-9-11-20(12-10-19)36-26(39)25-21(32)7-6-8-22(25)33/h6-12,23H,4-5,13-18H2,1-3H3,(H,34,38)(H,35,43)(H,36,39)(H,37,42)(H,40,41). The van der Waals surface area contributed by atoms with Gasteiger partial charge in [0.25, 0.3) is 5.91 Å². The second-order valence-corrected chi connectivity index (χ2v) is 12.6. The zero-order chi connectivity index (χ0) is 32.5. The van der Waals surface area contributed by atoms with Gasteiger partial charge in [-0.15, -0.1) is 0 Å². The molecule has 0 spiro atoms. The minimum Gasteiger partial charge on any atom is -0.480 e. The zero-order valence-electron chi connectivity index (χ0n) is 24.9. The van der Waals surface area contributed by atoms with Crippen molar-refractivity contribution in [2.75, 3.05) is 18.4 Å². The molecule has 0 saturated heterocycles. The maximum absolute atomic E-state index is 13.4. The van der Waals surface area contributed by atoms with Crippen molar-refractivity contribution in [3.8, 4) is 0 Å². The molecule has 0 heterocycles. The number of anilines is 1. The highest BCUT2D eigenvalue weighted by Crippen LogP contribution is 2.41. The van der Waals surface area contributed by atoms with Gasteiger partial charge in [0.05, 0.1) is 27.6 Å². The molecule has 2 aromatic carbocycles. The van der Waals surface area contributed by atoms with Crippen molar-refractivity contribution in [1.82, 2.24) is 16.0 Å². The third-order valence-corrected chi connectivity index (χ3v) is 7.84. The lowest BCUT2D eigenvalue weighted by molar-refractivity contribution is -0.144. The molecule has 1 saturated carbocycles. The van der Waals surface area contributed by atoms with Gasteiger partial charge in [-0.2, -0.15) is 0 Å². The van der Waals surface area contributed by atoms with E-state index in [-0.39, 0.29) is 41.0 Å². The highest BCUT2D eigenvalue weighted by molar-refractivity contribution is 6.40. The zero-order valence-corrected chi connectivity index (χ0v) is 26.4. The van der Waals surface area contributed by atoms with Gasteiger partial charge in [-0.3, -0.25) is 14.4 Å². The monoisotopic (exact) mass is 648 g/mol. The molecule has 0 bridgehead atoms. The average molecular weight is 650 g/mol. The molecule has 1 aliphatic rings. The summed E-state index contributed by atoms with van der Waals surface area (Å²) < 4.78 is 5.11. The number of ether oxygens (including phenoxy) is 1. The molecule has 238 valence electrons. The molecule has 11 nitrogen and oxygen atoms in total. The van der Waals surface area contributed by atoms with Crippen molar-refractivity contribution in [2.45, 2.75) is 70.9 Å². The van der Waals surface area contributed by atoms with Crippen LogP contribution in [0.2, 0.25) is 10.0 Å². The van der Waals surface area contributed by atoms with Gasteiger partial charge in [0, 0.05) is 18.7 Å². The number of aliphatic carboxylic acids is 1. The van der Waals surface area contributed by atoms with Gasteiger partial charge in [0.15, 0.2) is 0 Å². The number of amides is 4. The van der Waals surface area contributed by atoms with Crippen LogP contribution in [0.15, 0.2) is 42.5 Å². The van der Waals surface area contributed by atoms with E-state index in [1.54, 1.807) is 63.2 Å². The highest BCUT2D eigenvalue weighted by Gasteiger charge is 2.42. The van der Waals surface area contributed by atoms with E-state index >= 15 is 0 Å². The summed E-state index contributed by atoms with van der Waals surface area (Å²) in [7, 11) is 0.